The lowest BCUT2D eigenvalue weighted by atomic mass is 10.2. The highest BCUT2D eigenvalue weighted by Gasteiger charge is 2.20. The summed E-state index contributed by atoms with van der Waals surface area (Å²) in [4.78, 5) is 0. The van der Waals surface area contributed by atoms with E-state index in [0.29, 0.717) is 12.7 Å². The number of rotatable bonds is 2. The zero-order chi connectivity index (χ0) is 6.69. The topological polar surface area (TPSA) is 18.5 Å². The van der Waals surface area contributed by atoms with Gasteiger partial charge in [0.2, 0.25) is 0 Å². The molecule has 0 aromatic heterocycles. The van der Waals surface area contributed by atoms with Crippen LogP contribution < -0.4 is 0 Å². The van der Waals surface area contributed by atoms with Gasteiger partial charge in [0, 0.05) is 7.11 Å². The Balaban J connectivity index is 2.14. The van der Waals surface area contributed by atoms with Crippen molar-refractivity contribution in [2.45, 2.75) is 25.0 Å². The van der Waals surface area contributed by atoms with Crippen LogP contribution in [0.5, 0.6) is 0 Å². The van der Waals surface area contributed by atoms with E-state index in [9.17, 15) is 0 Å². The molecule has 2 heteroatoms. The second-order valence-corrected chi connectivity index (χ2v) is 2.41. The summed E-state index contributed by atoms with van der Waals surface area (Å²) < 4.78 is 10.3. The minimum atomic E-state index is 0.199. The third kappa shape index (κ3) is 1.95. The molecular weight excluding hydrogens is 116 g/mol. The van der Waals surface area contributed by atoms with Crippen LogP contribution in [-0.2, 0) is 9.47 Å². The first kappa shape index (κ1) is 7.03. The minimum absolute atomic E-state index is 0.199. The predicted octanol–water partition coefficient (Wildman–Crippen LogP) is 1.01. The Morgan fingerprint density at radius 3 is 2.89 bits per heavy atom. The fourth-order valence-corrected chi connectivity index (χ4v) is 1.09. The molecule has 1 heterocycles. The van der Waals surface area contributed by atoms with Crippen molar-refractivity contribution in [1.29, 1.82) is 0 Å². The van der Waals surface area contributed by atoms with Crippen LogP contribution in [-0.4, -0.2) is 25.9 Å². The highest BCUT2D eigenvalue weighted by atomic mass is 16.5. The molecule has 0 N–H and O–H groups in total. The average molecular weight is 129 g/mol. The van der Waals surface area contributed by atoms with Gasteiger partial charge in [-0.1, -0.05) is 0 Å². The Labute approximate surface area is 56.2 Å². The molecule has 0 aromatic rings. The number of methoxy groups -OCH3 is 1. The molecule has 2 nitrogen and oxygen atoms in total. The monoisotopic (exact) mass is 129 g/mol. The van der Waals surface area contributed by atoms with Gasteiger partial charge < -0.3 is 9.47 Å². The van der Waals surface area contributed by atoms with Gasteiger partial charge in [-0.15, -0.1) is 0 Å². The average Bonchev–Trinajstić information content (AvgIpc) is 2.17. The molecular formula is C7H13O2. The highest BCUT2D eigenvalue weighted by molar-refractivity contribution is 4.74. The number of ether oxygens (including phenoxy) is 2. The summed E-state index contributed by atoms with van der Waals surface area (Å²) in [6, 6.07) is 0. The number of hydrogen-bond acceptors (Lipinski definition) is 2. The summed E-state index contributed by atoms with van der Waals surface area (Å²) in [6.45, 7) is 4.51. The molecule has 2 unspecified atom stereocenters. The second kappa shape index (κ2) is 3.18. The van der Waals surface area contributed by atoms with Crippen LogP contribution in [0.1, 0.15) is 12.8 Å². The van der Waals surface area contributed by atoms with Crippen molar-refractivity contribution >= 4 is 0 Å². The lowest BCUT2D eigenvalue weighted by Gasteiger charge is -2.08. The second-order valence-electron chi connectivity index (χ2n) is 2.41. The zero-order valence-corrected chi connectivity index (χ0v) is 5.80. The maximum Gasteiger partial charge on any atom is 0.0813 e. The van der Waals surface area contributed by atoms with Crippen molar-refractivity contribution < 1.29 is 9.47 Å². The Kier molecular flexibility index (Phi) is 2.49. The van der Waals surface area contributed by atoms with E-state index >= 15 is 0 Å². The molecule has 1 aliphatic heterocycles. The fourth-order valence-electron chi connectivity index (χ4n) is 1.09. The van der Waals surface area contributed by atoms with Crippen LogP contribution in [0.2, 0.25) is 0 Å². The first-order chi connectivity index (χ1) is 4.33. The van der Waals surface area contributed by atoms with Gasteiger partial charge >= 0.3 is 0 Å². The third-order valence-electron chi connectivity index (χ3n) is 1.55. The molecule has 53 valence electrons. The van der Waals surface area contributed by atoms with E-state index in [1.54, 1.807) is 7.11 Å². The van der Waals surface area contributed by atoms with E-state index in [4.69, 9.17) is 9.47 Å². The lowest BCUT2D eigenvalue weighted by Crippen LogP contribution is -2.14. The van der Waals surface area contributed by atoms with E-state index < -0.39 is 0 Å². The van der Waals surface area contributed by atoms with Gasteiger partial charge in [-0.3, -0.25) is 0 Å². The molecule has 1 fully saturated rings. The van der Waals surface area contributed by atoms with Crippen molar-refractivity contribution in [2.24, 2.45) is 0 Å². The van der Waals surface area contributed by atoms with Gasteiger partial charge in [0.25, 0.3) is 0 Å². The zero-order valence-electron chi connectivity index (χ0n) is 5.80. The maximum absolute atomic E-state index is 5.37. The largest absolute Gasteiger partial charge is 0.382 e. The Hall–Kier alpha value is -0.0800. The summed E-state index contributed by atoms with van der Waals surface area (Å²) in [7, 11) is 1.69. The quantitative estimate of drug-likeness (QED) is 0.554. The fraction of sp³-hybridized carbons (Fsp3) is 0.857. The van der Waals surface area contributed by atoms with E-state index in [1.165, 1.54) is 0 Å². The molecule has 0 bridgehead atoms. The van der Waals surface area contributed by atoms with Crippen LogP contribution in [0.3, 0.4) is 0 Å². The van der Waals surface area contributed by atoms with E-state index in [1.807, 2.05) is 0 Å². The molecule has 0 amide bonds. The van der Waals surface area contributed by atoms with Gasteiger partial charge in [-0.2, -0.15) is 0 Å². The summed E-state index contributed by atoms with van der Waals surface area (Å²) in [5.41, 5.74) is 0. The molecule has 0 aliphatic carbocycles. The molecule has 0 spiro atoms. The van der Waals surface area contributed by atoms with Gasteiger partial charge in [0.15, 0.2) is 0 Å². The van der Waals surface area contributed by atoms with Gasteiger partial charge in [-0.25, -0.2) is 0 Å². The van der Waals surface area contributed by atoms with Crippen molar-refractivity contribution in [3.63, 3.8) is 0 Å². The molecule has 1 rings (SSSR count). The van der Waals surface area contributed by atoms with E-state index in [0.717, 1.165) is 12.8 Å². The van der Waals surface area contributed by atoms with Crippen LogP contribution >= 0.6 is 0 Å². The maximum atomic E-state index is 5.37. The van der Waals surface area contributed by atoms with Gasteiger partial charge in [-0.05, 0) is 19.8 Å². The van der Waals surface area contributed by atoms with Crippen LogP contribution in [0.15, 0.2) is 0 Å². The summed E-state index contributed by atoms with van der Waals surface area (Å²) in [6.07, 6.45) is 2.68. The molecule has 1 aliphatic rings. The van der Waals surface area contributed by atoms with Crippen LogP contribution in [0, 0.1) is 6.92 Å². The Morgan fingerprint density at radius 2 is 2.44 bits per heavy atom. The lowest BCUT2D eigenvalue weighted by molar-refractivity contribution is 0.0141. The molecule has 0 saturated carbocycles. The standard InChI is InChI=1S/C7H13O2/c1-6-3-4-7(9-6)5-8-2/h6-7H,1,3-5H2,2H3. The van der Waals surface area contributed by atoms with Crippen LogP contribution in [0.4, 0.5) is 0 Å². The van der Waals surface area contributed by atoms with Crippen LogP contribution in [0.25, 0.3) is 0 Å². The summed E-state index contributed by atoms with van der Waals surface area (Å²) >= 11 is 0. The predicted molar refractivity (Wildman–Crippen MR) is 35.1 cm³/mol. The molecule has 2 atom stereocenters. The van der Waals surface area contributed by atoms with Crippen molar-refractivity contribution in [2.75, 3.05) is 13.7 Å². The van der Waals surface area contributed by atoms with Crippen molar-refractivity contribution in [3.8, 4) is 0 Å². The molecule has 1 radical (unpaired) electrons. The van der Waals surface area contributed by atoms with E-state index in [2.05, 4.69) is 6.92 Å². The Bertz CT molecular complexity index is 81.0. The first-order valence-electron chi connectivity index (χ1n) is 3.30. The van der Waals surface area contributed by atoms with Crippen molar-refractivity contribution in [1.82, 2.24) is 0 Å². The van der Waals surface area contributed by atoms with E-state index in [-0.39, 0.29) is 6.10 Å². The molecule has 1 saturated heterocycles. The van der Waals surface area contributed by atoms with Gasteiger partial charge in [0.05, 0.1) is 18.8 Å². The van der Waals surface area contributed by atoms with Crippen molar-refractivity contribution in [3.05, 3.63) is 6.92 Å². The smallest absolute Gasteiger partial charge is 0.0813 e. The minimum Gasteiger partial charge on any atom is -0.382 e. The number of hydrogen-bond donors (Lipinski definition) is 0. The third-order valence-corrected chi connectivity index (χ3v) is 1.55. The van der Waals surface area contributed by atoms with Gasteiger partial charge in [0.1, 0.15) is 0 Å². The normalized spacial score (nSPS) is 35.3. The summed E-state index contributed by atoms with van der Waals surface area (Å²) in [5.74, 6) is 0. The molecule has 0 aromatic carbocycles. The highest BCUT2D eigenvalue weighted by Crippen LogP contribution is 2.18. The first-order valence-corrected chi connectivity index (χ1v) is 3.30. The Morgan fingerprint density at radius 1 is 1.67 bits per heavy atom. The summed E-state index contributed by atoms with van der Waals surface area (Å²) in [5, 5.41) is 0. The SMILES string of the molecule is [CH2]C1CCC(COC)O1. The molecule has 9 heavy (non-hydrogen) atoms.